The Hall–Kier alpha value is -2.10. The quantitative estimate of drug-likeness (QED) is 0.847. The number of pyridine rings is 1. The molecule has 1 aromatic heterocycles. The Morgan fingerprint density at radius 2 is 2.11 bits per heavy atom. The third-order valence-corrected chi connectivity index (χ3v) is 3.07. The van der Waals surface area contributed by atoms with Crippen LogP contribution in [0.5, 0.6) is 5.75 Å². The fourth-order valence-electron chi connectivity index (χ4n) is 1.94. The fourth-order valence-corrected chi connectivity index (χ4v) is 1.94. The minimum atomic E-state index is -0.376. The van der Waals surface area contributed by atoms with Gasteiger partial charge in [0.25, 0.3) is 5.56 Å². The number of hydrogen-bond donors (Lipinski definition) is 0. The van der Waals surface area contributed by atoms with Gasteiger partial charge in [-0.3, -0.25) is 4.79 Å². The standard InChI is InChI=1S/C15H16FNO2/c1-11-4-3-8-17(15(11)18)9-7-12-5-6-13(16)14(10-12)19-2/h3-6,8,10H,7,9H2,1-2H3. The van der Waals surface area contributed by atoms with E-state index in [1.54, 1.807) is 35.9 Å². The topological polar surface area (TPSA) is 31.2 Å². The average Bonchev–Trinajstić information content (AvgIpc) is 2.42. The second-order valence-electron chi connectivity index (χ2n) is 4.41. The molecule has 0 bridgehead atoms. The molecule has 2 aromatic rings. The molecule has 0 aliphatic rings. The summed E-state index contributed by atoms with van der Waals surface area (Å²) in [7, 11) is 1.44. The van der Waals surface area contributed by atoms with Crippen LogP contribution in [-0.2, 0) is 13.0 Å². The summed E-state index contributed by atoms with van der Waals surface area (Å²) in [5.41, 5.74) is 1.67. The van der Waals surface area contributed by atoms with Crippen molar-refractivity contribution < 1.29 is 9.13 Å². The van der Waals surface area contributed by atoms with E-state index in [0.29, 0.717) is 13.0 Å². The average molecular weight is 261 g/mol. The lowest BCUT2D eigenvalue weighted by molar-refractivity contribution is 0.386. The first-order chi connectivity index (χ1) is 9.11. The molecule has 19 heavy (non-hydrogen) atoms. The van der Waals surface area contributed by atoms with E-state index in [4.69, 9.17) is 4.74 Å². The van der Waals surface area contributed by atoms with Gasteiger partial charge < -0.3 is 9.30 Å². The minimum absolute atomic E-state index is 0.0107. The van der Waals surface area contributed by atoms with Crippen LogP contribution in [0.3, 0.4) is 0 Å². The van der Waals surface area contributed by atoms with E-state index in [-0.39, 0.29) is 17.1 Å². The molecule has 0 unspecified atom stereocenters. The molecule has 0 fully saturated rings. The highest BCUT2D eigenvalue weighted by molar-refractivity contribution is 5.30. The zero-order chi connectivity index (χ0) is 13.8. The van der Waals surface area contributed by atoms with Gasteiger partial charge in [0.15, 0.2) is 11.6 Å². The van der Waals surface area contributed by atoms with Gasteiger partial charge in [0.05, 0.1) is 7.11 Å². The maximum Gasteiger partial charge on any atom is 0.253 e. The van der Waals surface area contributed by atoms with Gasteiger partial charge in [-0.15, -0.1) is 0 Å². The molecule has 0 aliphatic carbocycles. The largest absolute Gasteiger partial charge is 0.494 e. The van der Waals surface area contributed by atoms with Crippen molar-refractivity contribution in [3.63, 3.8) is 0 Å². The maximum atomic E-state index is 13.3. The summed E-state index contributed by atoms with van der Waals surface area (Å²) in [4.78, 5) is 11.8. The lowest BCUT2D eigenvalue weighted by Gasteiger charge is -2.08. The van der Waals surface area contributed by atoms with E-state index < -0.39 is 0 Å². The zero-order valence-corrected chi connectivity index (χ0v) is 11.0. The molecule has 0 saturated heterocycles. The van der Waals surface area contributed by atoms with E-state index in [9.17, 15) is 9.18 Å². The van der Waals surface area contributed by atoms with E-state index >= 15 is 0 Å². The van der Waals surface area contributed by atoms with Gasteiger partial charge >= 0.3 is 0 Å². The number of halogens is 1. The molecule has 1 heterocycles. The van der Waals surface area contributed by atoms with Crippen LogP contribution in [-0.4, -0.2) is 11.7 Å². The van der Waals surface area contributed by atoms with Crippen LogP contribution in [0.25, 0.3) is 0 Å². The van der Waals surface area contributed by atoms with E-state index in [1.165, 1.54) is 13.2 Å². The highest BCUT2D eigenvalue weighted by Crippen LogP contribution is 2.18. The van der Waals surface area contributed by atoms with E-state index in [2.05, 4.69) is 0 Å². The number of ether oxygens (including phenoxy) is 1. The van der Waals surface area contributed by atoms with Gasteiger partial charge in [0, 0.05) is 18.3 Å². The summed E-state index contributed by atoms with van der Waals surface area (Å²) in [6.45, 7) is 2.36. The molecule has 3 nitrogen and oxygen atoms in total. The maximum absolute atomic E-state index is 13.3. The first-order valence-electron chi connectivity index (χ1n) is 6.10. The first kappa shape index (κ1) is 13.3. The minimum Gasteiger partial charge on any atom is -0.494 e. The lowest BCUT2D eigenvalue weighted by atomic mass is 10.1. The molecular formula is C15H16FNO2. The van der Waals surface area contributed by atoms with Crippen molar-refractivity contribution in [2.45, 2.75) is 19.9 Å². The van der Waals surface area contributed by atoms with Crippen molar-refractivity contribution in [3.8, 4) is 5.75 Å². The van der Waals surface area contributed by atoms with Gasteiger partial charge in [0.1, 0.15) is 0 Å². The second-order valence-corrected chi connectivity index (χ2v) is 4.41. The van der Waals surface area contributed by atoms with Gasteiger partial charge in [-0.2, -0.15) is 0 Å². The summed E-state index contributed by atoms with van der Waals surface area (Å²) >= 11 is 0. The molecular weight excluding hydrogens is 245 g/mol. The Bertz CT molecular complexity index is 634. The number of hydrogen-bond acceptors (Lipinski definition) is 2. The van der Waals surface area contributed by atoms with Crippen molar-refractivity contribution in [2.24, 2.45) is 0 Å². The van der Waals surface area contributed by atoms with Crippen LogP contribution >= 0.6 is 0 Å². The summed E-state index contributed by atoms with van der Waals surface area (Å²) in [5.74, 6) is -0.145. The van der Waals surface area contributed by atoms with Crippen LogP contribution in [0.15, 0.2) is 41.3 Å². The number of methoxy groups -OCH3 is 1. The van der Waals surface area contributed by atoms with E-state index in [0.717, 1.165) is 11.1 Å². The smallest absolute Gasteiger partial charge is 0.253 e. The Morgan fingerprint density at radius 1 is 1.32 bits per heavy atom. The molecule has 2 rings (SSSR count). The predicted molar refractivity (Wildman–Crippen MR) is 72.1 cm³/mol. The van der Waals surface area contributed by atoms with Gasteiger partial charge in [-0.1, -0.05) is 12.1 Å². The predicted octanol–water partition coefficient (Wildman–Crippen LogP) is 2.55. The summed E-state index contributed by atoms with van der Waals surface area (Å²) < 4.78 is 19.9. The third-order valence-electron chi connectivity index (χ3n) is 3.07. The first-order valence-corrected chi connectivity index (χ1v) is 6.10. The molecule has 100 valence electrons. The highest BCUT2D eigenvalue weighted by atomic mass is 19.1. The Labute approximate surface area is 111 Å². The van der Waals surface area contributed by atoms with Crippen LogP contribution < -0.4 is 10.3 Å². The normalized spacial score (nSPS) is 10.5. The molecule has 0 radical (unpaired) electrons. The molecule has 4 heteroatoms. The number of rotatable bonds is 4. The van der Waals surface area contributed by atoms with Crippen molar-refractivity contribution in [3.05, 3.63) is 63.8 Å². The van der Waals surface area contributed by atoms with Crippen LogP contribution in [0, 0.1) is 12.7 Å². The number of nitrogens with zero attached hydrogens (tertiary/aromatic N) is 1. The second kappa shape index (κ2) is 5.69. The number of aryl methyl sites for hydroxylation is 3. The molecule has 0 saturated carbocycles. The molecule has 0 amide bonds. The lowest BCUT2D eigenvalue weighted by Crippen LogP contribution is -2.22. The van der Waals surface area contributed by atoms with Crippen molar-refractivity contribution in [2.75, 3.05) is 7.11 Å². The Kier molecular flexibility index (Phi) is 4.00. The van der Waals surface area contributed by atoms with Crippen molar-refractivity contribution in [1.82, 2.24) is 4.57 Å². The van der Waals surface area contributed by atoms with Crippen molar-refractivity contribution in [1.29, 1.82) is 0 Å². The number of aromatic nitrogens is 1. The van der Waals surface area contributed by atoms with Crippen LogP contribution in [0.2, 0.25) is 0 Å². The van der Waals surface area contributed by atoms with Crippen LogP contribution in [0.4, 0.5) is 4.39 Å². The Balaban J connectivity index is 2.15. The molecule has 0 atom stereocenters. The molecule has 0 spiro atoms. The number of benzene rings is 1. The Morgan fingerprint density at radius 3 is 2.84 bits per heavy atom. The molecule has 0 aliphatic heterocycles. The van der Waals surface area contributed by atoms with Gasteiger partial charge in [0.2, 0.25) is 0 Å². The van der Waals surface area contributed by atoms with E-state index in [1.807, 2.05) is 6.07 Å². The summed E-state index contributed by atoms with van der Waals surface area (Å²) in [6.07, 6.45) is 2.41. The monoisotopic (exact) mass is 261 g/mol. The van der Waals surface area contributed by atoms with Gasteiger partial charge in [-0.25, -0.2) is 4.39 Å². The van der Waals surface area contributed by atoms with Crippen LogP contribution in [0.1, 0.15) is 11.1 Å². The third kappa shape index (κ3) is 3.02. The fraction of sp³-hybridized carbons (Fsp3) is 0.267. The highest BCUT2D eigenvalue weighted by Gasteiger charge is 2.04. The molecule has 1 aromatic carbocycles. The SMILES string of the molecule is COc1cc(CCn2cccc(C)c2=O)ccc1F. The zero-order valence-electron chi connectivity index (χ0n) is 11.0. The summed E-state index contributed by atoms with van der Waals surface area (Å²) in [6, 6.07) is 8.39. The van der Waals surface area contributed by atoms with Crippen molar-refractivity contribution >= 4 is 0 Å². The molecule has 0 N–H and O–H groups in total. The summed E-state index contributed by atoms with van der Waals surface area (Å²) in [5, 5.41) is 0. The van der Waals surface area contributed by atoms with Gasteiger partial charge in [-0.05, 0) is 37.1 Å².